The first-order valence-corrected chi connectivity index (χ1v) is 7.72. The van der Waals surface area contributed by atoms with Crippen molar-refractivity contribution in [3.05, 3.63) is 11.9 Å². The number of nitrogens with one attached hydrogen (secondary N) is 1. The van der Waals surface area contributed by atoms with Crippen molar-refractivity contribution >= 4 is 11.8 Å². The summed E-state index contributed by atoms with van der Waals surface area (Å²) in [5.41, 5.74) is 3.90. The van der Waals surface area contributed by atoms with Crippen LogP contribution in [0.1, 0.15) is 18.2 Å². The Morgan fingerprint density at radius 2 is 2.32 bits per heavy atom. The first-order chi connectivity index (χ1) is 9.13. The molecule has 110 valence electrons. The predicted octanol–water partition coefficient (Wildman–Crippen LogP) is 0.711. The average Bonchev–Trinajstić information content (AvgIpc) is 2.80. The van der Waals surface area contributed by atoms with Gasteiger partial charge in [-0.1, -0.05) is 0 Å². The Balaban J connectivity index is 2.89. The van der Waals surface area contributed by atoms with Crippen LogP contribution >= 0.6 is 11.8 Å². The molecule has 0 aromatic carbocycles. The van der Waals surface area contributed by atoms with E-state index in [0.29, 0.717) is 0 Å². The van der Waals surface area contributed by atoms with E-state index in [0.717, 1.165) is 36.7 Å². The lowest BCUT2D eigenvalue weighted by Gasteiger charge is -2.19. The fraction of sp³-hybridized carbons (Fsp3) is 0.750. The third-order valence-corrected chi connectivity index (χ3v) is 3.61. The maximum absolute atomic E-state index is 5.69. The van der Waals surface area contributed by atoms with E-state index in [1.165, 1.54) is 0 Å². The normalized spacial score (nSPS) is 12.9. The fourth-order valence-corrected chi connectivity index (χ4v) is 2.37. The number of rotatable bonds is 9. The largest absolute Gasteiger partial charge is 0.493 e. The maximum atomic E-state index is 5.69. The van der Waals surface area contributed by atoms with Gasteiger partial charge in [0.05, 0.1) is 31.6 Å². The van der Waals surface area contributed by atoms with Crippen LogP contribution in [0.4, 0.5) is 0 Å². The van der Waals surface area contributed by atoms with Gasteiger partial charge in [0.15, 0.2) is 5.75 Å². The van der Waals surface area contributed by atoms with Gasteiger partial charge >= 0.3 is 0 Å². The van der Waals surface area contributed by atoms with Crippen molar-refractivity contribution in [2.24, 2.45) is 5.84 Å². The number of hydrazine groups is 1. The molecule has 0 amide bonds. The van der Waals surface area contributed by atoms with Gasteiger partial charge in [-0.25, -0.2) is 0 Å². The van der Waals surface area contributed by atoms with Gasteiger partial charge in [-0.05, 0) is 32.5 Å². The second-order valence-corrected chi connectivity index (χ2v) is 5.61. The Bertz CT molecular complexity index is 369. The van der Waals surface area contributed by atoms with Gasteiger partial charge in [0.1, 0.15) is 0 Å². The van der Waals surface area contributed by atoms with Gasteiger partial charge in [-0.3, -0.25) is 16.0 Å². The summed E-state index contributed by atoms with van der Waals surface area (Å²) in [5, 5.41) is 4.40. The summed E-state index contributed by atoms with van der Waals surface area (Å²) in [6, 6.07) is 0.0621. The zero-order valence-electron chi connectivity index (χ0n) is 12.2. The van der Waals surface area contributed by atoms with Crippen molar-refractivity contribution in [1.82, 2.24) is 20.1 Å². The van der Waals surface area contributed by atoms with Crippen LogP contribution in [0.5, 0.6) is 5.75 Å². The van der Waals surface area contributed by atoms with E-state index in [1.54, 1.807) is 25.1 Å². The lowest BCUT2D eigenvalue weighted by molar-refractivity contribution is 0.353. The highest BCUT2D eigenvalue weighted by Crippen LogP contribution is 2.27. The first kappa shape index (κ1) is 16.3. The molecule has 0 bridgehead atoms. The number of nitrogens with zero attached hydrogens (tertiary/aromatic N) is 3. The van der Waals surface area contributed by atoms with Crippen LogP contribution < -0.4 is 16.0 Å². The molecule has 0 aliphatic heterocycles. The minimum atomic E-state index is 0.0621. The summed E-state index contributed by atoms with van der Waals surface area (Å²) in [4.78, 5) is 2.13. The van der Waals surface area contributed by atoms with Crippen LogP contribution in [0.2, 0.25) is 0 Å². The Kier molecular flexibility index (Phi) is 7.22. The standard InChI is InChI=1S/C12H25N5OS/c1-16(2)6-7-17-12(11(18-3)9-14-17)10(15-13)5-8-19-4/h9-10,15H,5-8,13H2,1-4H3. The molecular weight excluding hydrogens is 262 g/mol. The first-order valence-electron chi connectivity index (χ1n) is 6.33. The van der Waals surface area contributed by atoms with Crippen molar-refractivity contribution in [2.45, 2.75) is 19.0 Å². The van der Waals surface area contributed by atoms with Crippen molar-refractivity contribution in [3.63, 3.8) is 0 Å². The third-order valence-electron chi connectivity index (χ3n) is 2.97. The number of hydrogen-bond acceptors (Lipinski definition) is 6. The smallest absolute Gasteiger partial charge is 0.161 e. The van der Waals surface area contributed by atoms with E-state index >= 15 is 0 Å². The second kappa shape index (κ2) is 8.42. The number of ether oxygens (including phenoxy) is 1. The van der Waals surface area contributed by atoms with Crippen LogP contribution in [0.3, 0.4) is 0 Å². The van der Waals surface area contributed by atoms with Crippen LogP contribution in [-0.2, 0) is 6.54 Å². The molecule has 0 spiro atoms. The minimum Gasteiger partial charge on any atom is -0.493 e. The van der Waals surface area contributed by atoms with Crippen LogP contribution in [0.25, 0.3) is 0 Å². The molecule has 1 unspecified atom stereocenters. The molecule has 0 saturated carbocycles. The molecule has 0 aliphatic carbocycles. The van der Waals surface area contributed by atoms with Crippen molar-refractivity contribution in [3.8, 4) is 5.75 Å². The quantitative estimate of drug-likeness (QED) is 0.515. The van der Waals surface area contributed by atoms with Gasteiger partial charge in [-0.2, -0.15) is 16.9 Å². The van der Waals surface area contributed by atoms with E-state index in [9.17, 15) is 0 Å². The molecule has 6 nitrogen and oxygen atoms in total. The Hall–Kier alpha value is -0.760. The molecule has 0 radical (unpaired) electrons. The highest BCUT2D eigenvalue weighted by Gasteiger charge is 2.20. The number of likely N-dealkylation sites (N-methyl/N-ethyl adjacent to an activating group) is 1. The lowest BCUT2D eigenvalue weighted by atomic mass is 10.1. The average molecular weight is 287 g/mol. The Morgan fingerprint density at radius 3 is 2.84 bits per heavy atom. The second-order valence-electron chi connectivity index (χ2n) is 4.63. The highest BCUT2D eigenvalue weighted by atomic mass is 32.2. The van der Waals surface area contributed by atoms with Gasteiger partial charge in [0, 0.05) is 6.54 Å². The summed E-state index contributed by atoms with van der Waals surface area (Å²) in [7, 11) is 5.76. The van der Waals surface area contributed by atoms with Crippen LogP contribution in [0.15, 0.2) is 6.20 Å². The monoisotopic (exact) mass is 287 g/mol. The Morgan fingerprint density at radius 1 is 1.58 bits per heavy atom. The molecule has 3 N–H and O–H groups in total. The zero-order chi connectivity index (χ0) is 14.3. The van der Waals surface area contributed by atoms with Gasteiger partial charge in [0.25, 0.3) is 0 Å². The molecule has 0 aliphatic rings. The Labute approximate surface area is 119 Å². The molecule has 19 heavy (non-hydrogen) atoms. The van der Waals surface area contributed by atoms with Crippen molar-refractivity contribution in [2.75, 3.05) is 39.8 Å². The van der Waals surface area contributed by atoms with E-state index in [-0.39, 0.29) is 6.04 Å². The van der Waals surface area contributed by atoms with E-state index < -0.39 is 0 Å². The summed E-state index contributed by atoms with van der Waals surface area (Å²) in [6.07, 6.45) is 4.80. The molecule has 1 rings (SSSR count). The summed E-state index contributed by atoms with van der Waals surface area (Å²) in [6.45, 7) is 1.75. The number of aromatic nitrogens is 2. The number of nitrogens with two attached hydrogens (primary N) is 1. The number of methoxy groups -OCH3 is 1. The van der Waals surface area contributed by atoms with E-state index in [4.69, 9.17) is 10.6 Å². The fourth-order valence-electron chi connectivity index (χ4n) is 1.89. The molecule has 0 saturated heterocycles. The van der Waals surface area contributed by atoms with Gasteiger partial charge in [0.2, 0.25) is 0 Å². The van der Waals surface area contributed by atoms with Crippen molar-refractivity contribution < 1.29 is 4.74 Å². The molecule has 1 aromatic heterocycles. The number of thioether (sulfide) groups is 1. The molecule has 1 aromatic rings. The minimum absolute atomic E-state index is 0.0621. The van der Waals surface area contributed by atoms with E-state index in [2.05, 4.69) is 21.7 Å². The topological polar surface area (TPSA) is 68.3 Å². The van der Waals surface area contributed by atoms with Crippen LogP contribution in [0, 0.1) is 0 Å². The zero-order valence-corrected chi connectivity index (χ0v) is 13.0. The molecule has 0 fully saturated rings. The van der Waals surface area contributed by atoms with E-state index in [1.807, 2.05) is 18.8 Å². The van der Waals surface area contributed by atoms with Crippen LogP contribution in [-0.4, -0.2) is 54.4 Å². The molecular formula is C12H25N5OS. The summed E-state index contributed by atoms with van der Waals surface area (Å²) in [5.74, 6) is 7.52. The summed E-state index contributed by atoms with van der Waals surface area (Å²) < 4.78 is 7.37. The molecule has 1 atom stereocenters. The third kappa shape index (κ3) is 4.68. The highest BCUT2D eigenvalue weighted by molar-refractivity contribution is 7.98. The van der Waals surface area contributed by atoms with Gasteiger partial charge in [-0.15, -0.1) is 0 Å². The maximum Gasteiger partial charge on any atom is 0.161 e. The van der Waals surface area contributed by atoms with Crippen molar-refractivity contribution in [1.29, 1.82) is 0 Å². The number of hydrogen-bond donors (Lipinski definition) is 2. The summed E-state index contributed by atoms with van der Waals surface area (Å²) >= 11 is 1.81. The lowest BCUT2D eigenvalue weighted by Crippen LogP contribution is -2.31. The predicted molar refractivity (Wildman–Crippen MR) is 80.4 cm³/mol. The molecule has 1 heterocycles. The molecule has 7 heteroatoms. The SMILES string of the molecule is COc1cnn(CCN(C)C)c1C(CCSC)NN. The van der Waals surface area contributed by atoms with Gasteiger partial charge < -0.3 is 9.64 Å².